The molecule has 1 heterocycles. The molecule has 1 N–H and O–H groups in total. The van der Waals surface area contributed by atoms with Gasteiger partial charge in [-0.15, -0.1) is 0 Å². The fourth-order valence-electron chi connectivity index (χ4n) is 1.43. The Kier molecular flexibility index (Phi) is 4.14. The number of nitrogens with one attached hydrogen (secondary N) is 1. The smallest absolute Gasteiger partial charge is 0.211 e. The zero-order valence-corrected chi connectivity index (χ0v) is 9.50. The molecule has 1 aromatic rings. The zero-order valence-electron chi connectivity index (χ0n) is 9.50. The van der Waals surface area contributed by atoms with E-state index in [0.29, 0.717) is 5.92 Å². The predicted molar refractivity (Wildman–Crippen MR) is 57.3 cm³/mol. The summed E-state index contributed by atoms with van der Waals surface area (Å²) >= 11 is 0. The van der Waals surface area contributed by atoms with Gasteiger partial charge in [0.05, 0.1) is 12.2 Å². The molecule has 0 fully saturated rings. The lowest BCUT2D eigenvalue weighted by Gasteiger charge is -2.06. The first-order valence-electron chi connectivity index (χ1n) is 5.31. The minimum atomic E-state index is 0.192. The van der Waals surface area contributed by atoms with Crippen molar-refractivity contribution in [3.63, 3.8) is 0 Å². The van der Waals surface area contributed by atoms with E-state index in [4.69, 9.17) is 4.42 Å². The molecule has 1 aromatic heterocycles. The standard InChI is InChI=1S/C11H20N2O/c1-5-6-8(2)10-7-13-11(14-10)9(3)12-4/h7-9,12H,5-6H2,1-4H3. The molecule has 0 aliphatic rings. The van der Waals surface area contributed by atoms with Crippen LogP contribution in [-0.4, -0.2) is 12.0 Å². The molecule has 0 bridgehead atoms. The summed E-state index contributed by atoms with van der Waals surface area (Å²) < 4.78 is 5.68. The first kappa shape index (κ1) is 11.2. The topological polar surface area (TPSA) is 38.1 Å². The Labute approximate surface area is 85.9 Å². The van der Waals surface area contributed by atoms with Crippen molar-refractivity contribution in [1.29, 1.82) is 0 Å². The molecule has 3 heteroatoms. The Hall–Kier alpha value is -0.830. The zero-order chi connectivity index (χ0) is 10.6. The Morgan fingerprint density at radius 3 is 2.79 bits per heavy atom. The molecule has 0 aromatic carbocycles. The van der Waals surface area contributed by atoms with Crippen molar-refractivity contribution in [2.45, 2.75) is 45.6 Å². The molecule has 0 amide bonds. The number of aromatic nitrogens is 1. The van der Waals surface area contributed by atoms with Gasteiger partial charge in [-0.05, 0) is 20.4 Å². The fourth-order valence-corrected chi connectivity index (χ4v) is 1.43. The molecule has 1 rings (SSSR count). The van der Waals surface area contributed by atoms with Crippen LogP contribution in [0.25, 0.3) is 0 Å². The second-order valence-electron chi connectivity index (χ2n) is 3.80. The highest BCUT2D eigenvalue weighted by atomic mass is 16.4. The van der Waals surface area contributed by atoms with E-state index in [1.807, 2.05) is 20.2 Å². The second-order valence-corrected chi connectivity index (χ2v) is 3.80. The molecular formula is C11H20N2O. The van der Waals surface area contributed by atoms with E-state index in [-0.39, 0.29) is 6.04 Å². The largest absolute Gasteiger partial charge is 0.444 e. The lowest BCUT2D eigenvalue weighted by molar-refractivity contribution is 0.386. The normalized spacial score (nSPS) is 15.4. The minimum absolute atomic E-state index is 0.192. The van der Waals surface area contributed by atoms with Crippen LogP contribution in [0.1, 0.15) is 57.2 Å². The number of hydrogen-bond acceptors (Lipinski definition) is 3. The molecule has 0 spiro atoms. The fraction of sp³-hybridized carbons (Fsp3) is 0.727. The van der Waals surface area contributed by atoms with Crippen LogP contribution in [0.3, 0.4) is 0 Å². The lowest BCUT2D eigenvalue weighted by Crippen LogP contribution is -2.12. The summed E-state index contributed by atoms with van der Waals surface area (Å²) in [7, 11) is 1.91. The maximum atomic E-state index is 5.68. The molecule has 0 radical (unpaired) electrons. The van der Waals surface area contributed by atoms with Crippen molar-refractivity contribution < 1.29 is 4.42 Å². The molecule has 14 heavy (non-hydrogen) atoms. The average molecular weight is 196 g/mol. The summed E-state index contributed by atoms with van der Waals surface area (Å²) in [6, 6.07) is 0.192. The van der Waals surface area contributed by atoms with Gasteiger partial charge in [0.1, 0.15) is 5.76 Å². The van der Waals surface area contributed by atoms with Crippen molar-refractivity contribution in [1.82, 2.24) is 10.3 Å². The molecule has 0 saturated heterocycles. The molecule has 2 atom stereocenters. The van der Waals surface area contributed by atoms with Crippen LogP contribution in [-0.2, 0) is 0 Å². The highest BCUT2D eigenvalue weighted by Crippen LogP contribution is 2.23. The van der Waals surface area contributed by atoms with Crippen molar-refractivity contribution in [3.8, 4) is 0 Å². The van der Waals surface area contributed by atoms with Gasteiger partial charge in [-0.25, -0.2) is 4.98 Å². The van der Waals surface area contributed by atoms with E-state index < -0.39 is 0 Å². The molecule has 2 unspecified atom stereocenters. The average Bonchev–Trinajstić information content (AvgIpc) is 2.66. The molecule has 0 aliphatic heterocycles. The van der Waals surface area contributed by atoms with Crippen LogP contribution in [0, 0.1) is 0 Å². The number of rotatable bonds is 5. The van der Waals surface area contributed by atoms with Gasteiger partial charge in [-0.2, -0.15) is 0 Å². The second kappa shape index (κ2) is 5.15. The maximum absolute atomic E-state index is 5.68. The third-order valence-electron chi connectivity index (χ3n) is 2.55. The van der Waals surface area contributed by atoms with Crippen LogP contribution in [0.2, 0.25) is 0 Å². The Morgan fingerprint density at radius 2 is 2.21 bits per heavy atom. The summed E-state index contributed by atoms with van der Waals surface area (Å²) in [5.41, 5.74) is 0. The van der Waals surface area contributed by atoms with Gasteiger partial charge < -0.3 is 9.73 Å². The highest BCUT2D eigenvalue weighted by molar-refractivity contribution is 5.02. The van der Waals surface area contributed by atoms with Crippen LogP contribution in [0.4, 0.5) is 0 Å². The molecular weight excluding hydrogens is 176 g/mol. The number of oxazole rings is 1. The van der Waals surface area contributed by atoms with Gasteiger partial charge in [0.2, 0.25) is 5.89 Å². The van der Waals surface area contributed by atoms with Crippen LogP contribution >= 0.6 is 0 Å². The quantitative estimate of drug-likeness (QED) is 0.787. The Morgan fingerprint density at radius 1 is 1.50 bits per heavy atom. The summed E-state index contributed by atoms with van der Waals surface area (Å²) in [5, 5.41) is 3.11. The van der Waals surface area contributed by atoms with Gasteiger partial charge >= 0.3 is 0 Å². The SMILES string of the molecule is CCCC(C)c1cnc(C(C)NC)o1. The highest BCUT2D eigenvalue weighted by Gasteiger charge is 2.13. The van der Waals surface area contributed by atoms with Crippen LogP contribution in [0.5, 0.6) is 0 Å². The van der Waals surface area contributed by atoms with E-state index in [2.05, 4.69) is 24.1 Å². The number of hydrogen-bond donors (Lipinski definition) is 1. The Bertz CT molecular complexity index is 270. The van der Waals surface area contributed by atoms with E-state index in [0.717, 1.165) is 18.1 Å². The molecule has 80 valence electrons. The first-order valence-corrected chi connectivity index (χ1v) is 5.31. The predicted octanol–water partition coefficient (Wildman–Crippen LogP) is 2.86. The van der Waals surface area contributed by atoms with Gasteiger partial charge in [0.15, 0.2) is 0 Å². The monoisotopic (exact) mass is 196 g/mol. The minimum Gasteiger partial charge on any atom is -0.444 e. The number of nitrogens with zero attached hydrogens (tertiary/aromatic N) is 1. The summed E-state index contributed by atoms with van der Waals surface area (Å²) in [6.45, 7) is 6.40. The molecule has 0 saturated carbocycles. The van der Waals surface area contributed by atoms with E-state index >= 15 is 0 Å². The van der Waals surface area contributed by atoms with E-state index in [1.165, 1.54) is 6.42 Å². The van der Waals surface area contributed by atoms with E-state index in [1.54, 1.807) is 0 Å². The summed E-state index contributed by atoms with van der Waals surface area (Å²) in [4.78, 5) is 4.26. The van der Waals surface area contributed by atoms with Crippen molar-refractivity contribution in [2.24, 2.45) is 0 Å². The third kappa shape index (κ3) is 2.58. The molecule has 3 nitrogen and oxygen atoms in total. The molecule has 0 aliphatic carbocycles. The van der Waals surface area contributed by atoms with Gasteiger partial charge in [-0.1, -0.05) is 20.3 Å². The van der Waals surface area contributed by atoms with Gasteiger partial charge in [0, 0.05) is 5.92 Å². The van der Waals surface area contributed by atoms with Gasteiger partial charge in [0.25, 0.3) is 0 Å². The maximum Gasteiger partial charge on any atom is 0.211 e. The van der Waals surface area contributed by atoms with Crippen molar-refractivity contribution >= 4 is 0 Å². The third-order valence-corrected chi connectivity index (χ3v) is 2.55. The Balaban J connectivity index is 2.67. The van der Waals surface area contributed by atoms with E-state index in [9.17, 15) is 0 Å². The van der Waals surface area contributed by atoms with Crippen LogP contribution in [0.15, 0.2) is 10.6 Å². The van der Waals surface area contributed by atoms with Crippen LogP contribution < -0.4 is 5.32 Å². The van der Waals surface area contributed by atoms with Gasteiger partial charge in [-0.3, -0.25) is 0 Å². The van der Waals surface area contributed by atoms with Crippen molar-refractivity contribution in [3.05, 3.63) is 17.8 Å². The first-order chi connectivity index (χ1) is 6.69. The van der Waals surface area contributed by atoms with Crippen molar-refractivity contribution in [2.75, 3.05) is 7.05 Å². The lowest BCUT2D eigenvalue weighted by atomic mass is 10.0. The summed E-state index contributed by atoms with van der Waals surface area (Å²) in [6.07, 6.45) is 4.19. The summed E-state index contributed by atoms with van der Waals surface area (Å²) in [5.74, 6) is 2.26.